The van der Waals surface area contributed by atoms with Crippen molar-refractivity contribution >= 4 is 28.5 Å². The van der Waals surface area contributed by atoms with Gasteiger partial charge in [-0.15, -0.1) is 0 Å². The van der Waals surface area contributed by atoms with Crippen molar-refractivity contribution in [2.75, 3.05) is 18.1 Å². The topological polar surface area (TPSA) is 59.5 Å². The molecule has 0 radical (unpaired) electrons. The van der Waals surface area contributed by atoms with Crippen LogP contribution in [-0.2, 0) is 28.8 Å². The molecular weight excluding hydrogens is 388 g/mol. The molecule has 0 atom stereocenters. The Balaban J connectivity index is 1.41. The number of rotatable bonds is 3. The van der Waals surface area contributed by atoms with Gasteiger partial charge in [0.2, 0.25) is 0 Å². The number of hydrogen-bond acceptors (Lipinski definition) is 4. The van der Waals surface area contributed by atoms with Crippen LogP contribution in [0.25, 0.3) is 10.9 Å². The molecule has 0 spiro atoms. The maximum Gasteiger partial charge on any atom is 0.339 e. The van der Waals surface area contributed by atoms with Gasteiger partial charge in [0, 0.05) is 23.3 Å². The molecule has 2 heterocycles. The largest absolute Gasteiger partial charge is 0.452 e. The van der Waals surface area contributed by atoms with E-state index >= 15 is 0 Å². The van der Waals surface area contributed by atoms with Crippen molar-refractivity contribution in [3.8, 4) is 0 Å². The number of amides is 1. The molecule has 5 rings (SSSR count). The molecule has 3 aromatic rings. The average Bonchev–Trinajstić information content (AvgIpc) is 3.05. The van der Waals surface area contributed by atoms with Crippen molar-refractivity contribution < 1.29 is 14.3 Å². The Morgan fingerprint density at radius 3 is 2.65 bits per heavy atom. The van der Waals surface area contributed by atoms with Crippen LogP contribution in [0.1, 0.15) is 52.9 Å². The van der Waals surface area contributed by atoms with E-state index in [1.807, 2.05) is 42.5 Å². The van der Waals surface area contributed by atoms with E-state index in [1.165, 1.54) is 5.56 Å². The Morgan fingerprint density at radius 1 is 0.903 bits per heavy atom. The number of esters is 1. The summed E-state index contributed by atoms with van der Waals surface area (Å²) in [7, 11) is 0. The van der Waals surface area contributed by atoms with Crippen molar-refractivity contribution in [1.82, 2.24) is 4.98 Å². The summed E-state index contributed by atoms with van der Waals surface area (Å²) in [5, 5.41) is 0.809. The summed E-state index contributed by atoms with van der Waals surface area (Å²) in [6.07, 6.45) is 6.84. The second kappa shape index (κ2) is 8.50. The molecule has 0 unspecified atom stereocenters. The summed E-state index contributed by atoms with van der Waals surface area (Å²) in [5.74, 6) is -0.597. The quantitative estimate of drug-likeness (QED) is 0.463. The predicted molar refractivity (Wildman–Crippen MR) is 120 cm³/mol. The summed E-state index contributed by atoms with van der Waals surface area (Å²) in [5.41, 5.74) is 5.49. The summed E-state index contributed by atoms with van der Waals surface area (Å²) in [4.78, 5) is 32.8. The fourth-order valence-corrected chi connectivity index (χ4v) is 4.85. The Hall–Kier alpha value is -3.21. The first-order chi connectivity index (χ1) is 15.2. The van der Waals surface area contributed by atoms with Crippen molar-refractivity contribution in [3.63, 3.8) is 0 Å². The summed E-state index contributed by atoms with van der Waals surface area (Å²) in [6, 6.07) is 15.7. The third-order valence-electron chi connectivity index (χ3n) is 6.36. The number of benzene rings is 2. The van der Waals surface area contributed by atoms with Crippen LogP contribution in [0.15, 0.2) is 48.5 Å². The molecule has 1 aliphatic heterocycles. The van der Waals surface area contributed by atoms with E-state index in [1.54, 1.807) is 4.90 Å². The minimum atomic E-state index is -0.421. The van der Waals surface area contributed by atoms with E-state index in [2.05, 4.69) is 6.07 Å². The van der Waals surface area contributed by atoms with Gasteiger partial charge in [-0.2, -0.15) is 0 Å². The van der Waals surface area contributed by atoms with E-state index < -0.39 is 5.97 Å². The van der Waals surface area contributed by atoms with Crippen LogP contribution >= 0.6 is 0 Å². The number of pyridine rings is 1. The highest BCUT2D eigenvalue weighted by molar-refractivity contribution is 6.06. The number of aromatic nitrogens is 1. The van der Waals surface area contributed by atoms with Crippen molar-refractivity contribution in [1.29, 1.82) is 0 Å². The molecule has 0 saturated carbocycles. The number of carbonyl (C=O) groups is 2. The maximum atomic E-state index is 13.3. The van der Waals surface area contributed by atoms with Crippen molar-refractivity contribution in [2.45, 2.75) is 44.9 Å². The number of hydrogen-bond donors (Lipinski definition) is 0. The minimum Gasteiger partial charge on any atom is -0.452 e. The van der Waals surface area contributed by atoms with Crippen LogP contribution in [0.4, 0.5) is 5.69 Å². The van der Waals surface area contributed by atoms with E-state index in [-0.39, 0.29) is 12.5 Å². The lowest BCUT2D eigenvalue weighted by Gasteiger charge is -2.29. The van der Waals surface area contributed by atoms with Gasteiger partial charge in [0.05, 0.1) is 11.1 Å². The van der Waals surface area contributed by atoms with Gasteiger partial charge in [0.15, 0.2) is 6.61 Å². The highest BCUT2D eigenvalue weighted by atomic mass is 16.5. The van der Waals surface area contributed by atoms with Gasteiger partial charge in [0.1, 0.15) is 0 Å². The Bertz CT molecular complexity index is 1150. The maximum absolute atomic E-state index is 13.3. The number of fused-ring (bicyclic) bond motifs is 3. The molecule has 0 saturated heterocycles. The molecule has 1 amide bonds. The highest BCUT2D eigenvalue weighted by Gasteiger charge is 2.26. The number of nitrogens with zero attached hydrogens (tertiary/aromatic N) is 2. The van der Waals surface area contributed by atoms with Crippen LogP contribution in [0, 0.1) is 0 Å². The zero-order valence-electron chi connectivity index (χ0n) is 17.6. The lowest BCUT2D eigenvalue weighted by atomic mass is 9.97. The fraction of sp³-hybridized carbons (Fsp3) is 0.346. The third kappa shape index (κ3) is 3.80. The average molecular weight is 415 g/mol. The lowest BCUT2D eigenvalue weighted by Crippen LogP contribution is -2.38. The lowest BCUT2D eigenvalue weighted by molar-refractivity contribution is -0.121. The van der Waals surface area contributed by atoms with Gasteiger partial charge in [-0.1, -0.05) is 42.8 Å². The molecule has 158 valence electrons. The monoisotopic (exact) mass is 414 g/mol. The van der Waals surface area contributed by atoms with Gasteiger partial charge in [-0.05, 0) is 61.8 Å². The number of ether oxygens (including phenoxy) is 1. The zero-order chi connectivity index (χ0) is 21.2. The first-order valence-corrected chi connectivity index (χ1v) is 11.2. The predicted octanol–water partition coefficient (Wildman–Crippen LogP) is 4.64. The van der Waals surface area contributed by atoms with Crippen molar-refractivity contribution in [3.05, 3.63) is 70.9 Å². The first kappa shape index (κ1) is 19.7. The number of carbonyl (C=O) groups excluding carboxylic acids is 2. The van der Waals surface area contributed by atoms with Gasteiger partial charge in [-0.3, -0.25) is 9.78 Å². The molecule has 2 aromatic carbocycles. The van der Waals surface area contributed by atoms with E-state index in [0.717, 1.165) is 72.8 Å². The molecule has 1 aliphatic carbocycles. The minimum absolute atomic E-state index is 0.176. The van der Waals surface area contributed by atoms with E-state index in [9.17, 15) is 9.59 Å². The molecule has 5 nitrogen and oxygen atoms in total. The van der Waals surface area contributed by atoms with Crippen LogP contribution in [-0.4, -0.2) is 30.0 Å². The SMILES string of the molecule is O=C(OCC(=O)N1CCCc2ccccc21)c1c2c(nc3ccccc13)CCCCC2. The van der Waals surface area contributed by atoms with E-state index in [0.29, 0.717) is 12.1 Å². The van der Waals surface area contributed by atoms with Crippen LogP contribution in [0.3, 0.4) is 0 Å². The van der Waals surface area contributed by atoms with Gasteiger partial charge in [-0.25, -0.2) is 4.79 Å². The standard InChI is InChI=1S/C26H26N2O3/c29-24(28-16-8-10-18-9-4-7-15-23(18)28)17-31-26(30)25-19-11-2-1-3-13-21(19)27-22-14-6-5-12-20(22)25/h4-7,9,12,14-15H,1-3,8,10-11,13,16-17H2. The molecule has 5 heteroatoms. The van der Waals surface area contributed by atoms with Gasteiger partial charge >= 0.3 is 5.97 Å². The molecule has 0 N–H and O–H groups in total. The van der Waals surface area contributed by atoms with E-state index in [4.69, 9.17) is 9.72 Å². The van der Waals surface area contributed by atoms with Gasteiger partial charge in [0.25, 0.3) is 5.91 Å². The van der Waals surface area contributed by atoms with Gasteiger partial charge < -0.3 is 9.64 Å². The molecular formula is C26H26N2O3. The Morgan fingerprint density at radius 2 is 1.71 bits per heavy atom. The highest BCUT2D eigenvalue weighted by Crippen LogP contribution is 2.30. The molecule has 1 aromatic heterocycles. The summed E-state index contributed by atoms with van der Waals surface area (Å²) in [6.45, 7) is 0.402. The molecule has 2 aliphatic rings. The summed E-state index contributed by atoms with van der Waals surface area (Å²) < 4.78 is 5.62. The van der Waals surface area contributed by atoms with Crippen LogP contribution < -0.4 is 4.90 Å². The van der Waals surface area contributed by atoms with Crippen LogP contribution in [0.5, 0.6) is 0 Å². The second-order valence-electron chi connectivity index (χ2n) is 8.34. The number of anilines is 1. The first-order valence-electron chi connectivity index (χ1n) is 11.2. The molecule has 0 fully saturated rings. The second-order valence-corrected chi connectivity index (χ2v) is 8.34. The summed E-state index contributed by atoms with van der Waals surface area (Å²) >= 11 is 0. The smallest absolute Gasteiger partial charge is 0.339 e. The third-order valence-corrected chi connectivity index (χ3v) is 6.36. The fourth-order valence-electron chi connectivity index (χ4n) is 4.85. The molecule has 31 heavy (non-hydrogen) atoms. The number of aryl methyl sites for hydroxylation is 2. The number of para-hydroxylation sites is 2. The molecule has 0 bridgehead atoms. The zero-order valence-corrected chi connectivity index (χ0v) is 17.6. The van der Waals surface area contributed by atoms with Crippen LogP contribution in [0.2, 0.25) is 0 Å². The Labute approximate surface area is 182 Å². The Kier molecular flexibility index (Phi) is 5.41. The van der Waals surface area contributed by atoms with Crippen molar-refractivity contribution in [2.24, 2.45) is 0 Å². The normalized spacial score (nSPS) is 15.7.